The van der Waals surface area contributed by atoms with Gasteiger partial charge in [0.2, 0.25) is 5.91 Å². The summed E-state index contributed by atoms with van der Waals surface area (Å²) in [6, 6.07) is -0.651. The van der Waals surface area contributed by atoms with E-state index in [0.29, 0.717) is 19.4 Å². The lowest BCUT2D eigenvalue weighted by atomic mass is 10.2. The monoisotopic (exact) mass is 256 g/mol. The Morgan fingerprint density at radius 1 is 1.50 bits per heavy atom. The molecule has 0 aliphatic carbocycles. The first-order valence-electron chi connectivity index (χ1n) is 5.60. The average Bonchev–Trinajstić information content (AvgIpc) is 2.82. The van der Waals surface area contributed by atoms with Gasteiger partial charge in [0.1, 0.15) is 19.2 Å². The molecule has 0 aromatic carbocycles. The summed E-state index contributed by atoms with van der Waals surface area (Å²) < 4.78 is 4.85. The van der Waals surface area contributed by atoms with Gasteiger partial charge in [-0.25, -0.2) is 4.79 Å². The molecule has 1 unspecified atom stereocenters. The number of hydrogen-bond donors (Lipinski definition) is 2. The van der Waals surface area contributed by atoms with E-state index in [4.69, 9.17) is 9.84 Å². The quantitative estimate of drug-likeness (QED) is 0.674. The first-order chi connectivity index (χ1) is 8.56. The molecule has 1 atom stereocenters. The molecular formula is C11H16N2O5. The Bertz CT molecular complexity index is 355. The zero-order valence-electron chi connectivity index (χ0n) is 9.92. The lowest BCUT2D eigenvalue weighted by Gasteiger charge is -2.22. The minimum atomic E-state index is -1.12. The summed E-state index contributed by atoms with van der Waals surface area (Å²) in [4.78, 5) is 35.0. The van der Waals surface area contributed by atoms with Gasteiger partial charge >= 0.3 is 12.1 Å². The van der Waals surface area contributed by atoms with Crippen molar-refractivity contribution in [2.75, 3.05) is 19.7 Å². The largest absolute Gasteiger partial charge is 0.480 e. The molecule has 1 rings (SSSR count). The number of nitrogens with one attached hydrogen (secondary N) is 1. The van der Waals surface area contributed by atoms with Gasteiger partial charge in [-0.2, -0.15) is 0 Å². The van der Waals surface area contributed by atoms with Gasteiger partial charge in [-0.15, -0.1) is 0 Å². The van der Waals surface area contributed by atoms with E-state index in [9.17, 15) is 14.4 Å². The number of ether oxygens (including phenoxy) is 1. The second kappa shape index (κ2) is 6.63. The number of carbonyl (C=O) groups is 3. The van der Waals surface area contributed by atoms with Gasteiger partial charge in [0, 0.05) is 6.54 Å². The molecule has 0 aromatic rings. The SMILES string of the molecule is C=CCOC(=O)N1CCCC1C(=O)NCC(=O)O. The fraction of sp³-hybridized carbons (Fsp3) is 0.545. The summed E-state index contributed by atoms with van der Waals surface area (Å²) >= 11 is 0. The lowest BCUT2D eigenvalue weighted by Crippen LogP contribution is -2.47. The molecule has 1 saturated heterocycles. The fourth-order valence-electron chi connectivity index (χ4n) is 1.75. The number of carboxylic acids is 1. The standard InChI is InChI=1S/C11H16N2O5/c1-2-6-18-11(17)13-5-3-4-8(13)10(16)12-7-9(14)15/h2,8H,1,3-7H2,(H,12,16)(H,14,15). The smallest absolute Gasteiger partial charge is 0.410 e. The number of carbonyl (C=O) groups excluding carboxylic acids is 2. The molecule has 0 radical (unpaired) electrons. The van der Waals surface area contributed by atoms with Gasteiger partial charge in [0.25, 0.3) is 0 Å². The van der Waals surface area contributed by atoms with Crippen LogP contribution in [0, 0.1) is 0 Å². The Balaban J connectivity index is 2.52. The first kappa shape index (κ1) is 14.0. The van der Waals surface area contributed by atoms with Gasteiger partial charge in [-0.3, -0.25) is 14.5 Å². The lowest BCUT2D eigenvalue weighted by molar-refractivity contribution is -0.138. The zero-order chi connectivity index (χ0) is 13.5. The van der Waals surface area contributed by atoms with Crippen molar-refractivity contribution in [2.45, 2.75) is 18.9 Å². The van der Waals surface area contributed by atoms with Crippen LogP contribution in [0.5, 0.6) is 0 Å². The van der Waals surface area contributed by atoms with Crippen LogP contribution in [-0.2, 0) is 14.3 Å². The molecule has 100 valence electrons. The molecular weight excluding hydrogens is 240 g/mol. The first-order valence-corrected chi connectivity index (χ1v) is 5.60. The number of carboxylic acid groups (broad SMARTS) is 1. The molecule has 1 aliphatic rings. The van der Waals surface area contributed by atoms with E-state index >= 15 is 0 Å². The Labute approximate surface area is 104 Å². The van der Waals surface area contributed by atoms with E-state index in [-0.39, 0.29) is 6.61 Å². The minimum Gasteiger partial charge on any atom is -0.480 e. The van der Waals surface area contributed by atoms with Crippen LogP contribution in [0.4, 0.5) is 4.79 Å². The second-order valence-corrected chi connectivity index (χ2v) is 3.83. The average molecular weight is 256 g/mol. The maximum Gasteiger partial charge on any atom is 0.410 e. The maximum absolute atomic E-state index is 11.7. The third kappa shape index (κ3) is 3.76. The molecule has 0 aromatic heterocycles. The Morgan fingerprint density at radius 2 is 2.22 bits per heavy atom. The summed E-state index contributed by atoms with van der Waals surface area (Å²) in [6.07, 6.45) is 2.05. The summed E-state index contributed by atoms with van der Waals surface area (Å²) in [6.45, 7) is 3.48. The van der Waals surface area contributed by atoms with Gasteiger partial charge in [0.15, 0.2) is 0 Å². The fourth-order valence-corrected chi connectivity index (χ4v) is 1.75. The maximum atomic E-state index is 11.7. The molecule has 2 amide bonds. The molecule has 0 spiro atoms. The van der Waals surface area contributed by atoms with Crippen molar-refractivity contribution < 1.29 is 24.2 Å². The summed E-state index contributed by atoms with van der Waals surface area (Å²) in [5.41, 5.74) is 0. The predicted molar refractivity (Wildman–Crippen MR) is 61.9 cm³/mol. The van der Waals surface area contributed by atoms with Gasteiger partial charge in [0.05, 0.1) is 0 Å². The number of amides is 2. The van der Waals surface area contributed by atoms with Crippen LogP contribution in [0.2, 0.25) is 0 Å². The summed E-state index contributed by atoms with van der Waals surface area (Å²) in [5.74, 6) is -1.59. The van der Waals surface area contributed by atoms with Crippen LogP contribution in [-0.4, -0.2) is 53.7 Å². The normalized spacial score (nSPS) is 18.2. The number of rotatable bonds is 5. The molecule has 2 N–H and O–H groups in total. The van der Waals surface area contributed by atoms with Crippen LogP contribution in [0.1, 0.15) is 12.8 Å². The molecule has 1 aliphatic heterocycles. The van der Waals surface area contributed by atoms with Gasteiger partial charge in [-0.1, -0.05) is 12.7 Å². The van der Waals surface area contributed by atoms with E-state index < -0.39 is 30.6 Å². The van der Waals surface area contributed by atoms with E-state index in [1.165, 1.54) is 11.0 Å². The van der Waals surface area contributed by atoms with Crippen molar-refractivity contribution in [3.05, 3.63) is 12.7 Å². The predicted octanol–water partition coefficient (Wildman–Crippen LogP) is -0.0258. The van der Waals surface area contributed by atoms with E-state index in [1.807, 2.05) is 0 Å². The third-order valence-corrected chi connectivity index (χ3v) is 2.53. The Morgan fingerprint density at radius 3 is 2.83 bits per heavy atom. The highest BCUT2D eigenvalue weighted by Gasteiger charge is 2.34. The van der Waals surface area contributed by atoms with Crippen LogP contribution in [0.3, 0.4) is 0 Å². The highest BCUT2D eigenvalue weighted by molar-refractivity contribution is 5.88. The van der Waals surface area contributed by atoms with Gasteiger partial charge in [-0.05, 0) is 12.8 Å². The van der Waals surface area contributed by atoms with Crippen molar-refractivity contribution in [3.63, 3.8) is 0 Å². The zero-order valence-corrected chi connectivity index (χ0v) is 9.92. The number of aliphatic carboxylic acids is 1. The highest BCUT2D eigenvalue weighted by Crippen LogP contribution is 2.18. The van der Waals surface area contributed by atoms with Crippen molar-refractivity contribution in [3.8, 4) is 0 Å². The molecule has 1 fully saturated rings. The third-order valence-electron chi connectivity index (χ3n) is 2.53. The van der Waals surface area contributed by atoms with Crippen LogP contribution < -0.4 is 5.32 Å². The Kier molecular flexibility index (Phi) is 5.16. The van der Waals surface area contributed by atoms with Crippen molar-refractivity contribution >= 4 is 18.0 Å². The molecule has 7 nitrogen and oxygen atoms in total. The topological polar surface area (TPSA) is 95.9 Å². The van der Waals surface area contributed by atoms with Crippen molar-refractivity contribution in [2.24, 2.45) is 0 Å². The molecule has 7 heteroatoms. The van der Waals surface area contributed by atoms with Crippen LogP contribution in [0.15, 0.2) is 12.7 Å². The number of hydrogen-bond acceptors (Lipinski definition) is 4. The molecule has 0 bridgehead atoms. The molecule has 18 heavy (non-hydrogen) atoms. The molecule has 0 saturated carbocycles. The molecule has 1 heterocycles. The van der Waals surface area contributed by atoms with E-state index in [1.54, 1.807) is 0 Å². The second-order valence-electron chi connectivity index (χ2n) is 3.83. The Hall–Kier alpha value is -2.05. The van der Waals surface area contributed by atoms with E-state index in [2.05, 4.69) is 11.9 Å². The van der Waals surface area contributed by atoms with Crippen LogP contribution in [0.25, 0.3) is 0 Å². The van der Waals surface area contributed by atoms with Crippen LogP contribution >= 0.6 is 0 Å². The van der Waals surface area contributed by atoms with Crippen molar-refractivity contribution in [1.29, 1.82) is 0 Å². The number of nitrogens with zero attached hydrogens (tertiary/aromatic N) is 1. The minimum absolute atomic E-state index is 0.0821. The van der Waals surface area contributed by atoms with E-state index in [0.717, 1.165) is 0 Å². The summed E-state index contributed by atoms with van der Waals surface area (Å²) in [5, 5.41) is 10.7. The van der Waals surface area contributed by atoms with Gasteiger partial charge < -0.3 is 15.2 Å². The summed E-state index contributed by atoms with van der Waals surface area (Å²) in [7, 11) is 0. The number of likely N-dealkylation sites (tertiary alicyclic amines) is 1. The highest BCUT2D eigenvalue weighted by atomic mass is 16.6. The van der Waals surface area contributed by atoms with Crippen molar-refractivity contribution in [1.82, 2.24) is 10.2 Å².